The molecule has 266 valence electrons. The average Bonchev–Trinajstić information content (AvgIpc) is 3.46. The number of fused-ring (bicyclic) bond motifs is 1. The van der Waals surface area contributed by atoms with Gasteiger partial charge >= 0.3 is 6.09 Å². The molecule has 2 aromatic carbocycles. The molecular weight excluding hydrogens is 674 g/mol. The van der Waals surface area contributed by atoms with Crippen LogP contribution < -0.4 is 10.2 Å². The van der Waals surface area contributed by atoms with Crippen LogP contribution in [0.3, 0.4) is 0 Å². The smallest absolute Gasteiger partial charge is 0.408 e. The molecule has 15 heteroatoms. The molecule has 0 aliphatic carbocycles. The lowest BCUT2D eigenvalue weighted by Crippen LogP contribution is -2.51. The molecule has 0 saturated heterocycles. The van der Waals surface area contributed by atoms with E-state index in [9.17, 15) is 23.3 Å². The summed E-state index contributed by atoms with van der Waals surface area (Å²) in [6, 6.07) is 8.80. The molecule has 0 radical (unpaired) electrons. The quantitative estimate of drug-likeness (QED) is 0.291. The zero-order valence-electron chi connectivity index (χ0n) is 29.5. The highest BCUT2D eigenvalue weighted by atomic mass is 32.3. The summed E-state index contributed by atoms with van der Waals surface area (Å²) in [4.78, 5) is 27.5. The number of carbonyl (C=O) groups excluding carboxylic acids is 2. The van der Waals surface area contributed by atoms with E-state index in [-0.39, 0.29) is 40.9 Å². The second-order valence-corrected chi connectivity index (χ2v) is 20.8. The van der Waals surface area contributed by atoms with Crippen molar-refractivity contribution in [2.24, 2.45) is 0 Å². The first-order valence-corrected chi connectivity index (χ1v) is 19.5. The minimum Gasteiger partial charge on any atom is -0.444 e. The largest absolute Gasteiger partial charge is 0.444 e. The van der Waals surface area contributed by atoms with E-state index in [1.807, 2.05) is 19.9 Å². The van der Waals surface area contributed by atoms with E-state index in [2.05, 4.69) is 48.8 Å². The zero-order chi connectivity index (χ0) is 36.7. The molecular formula is C34H44FN5O7S2. The monoisotopic (exact) mass is 717 g/mol. The topological polar surface area (TPSA) is 165 Å². The summed E-state index contributed by atoms with van der Waals surface area (Å²) < 4.78 is 60.8. The van der Waals surface area contributed by atoms with Crippen molar-refractivity contribution in [3.63, 3.8) is 0 Å². The molecule has 1 aliphatic heterocycles. The Bertz CT molecular complexity index is 1890. The number of hydrogen-bond donors (Lipinski definition) is 1. The predicted molar refractivity (Wildman–Crippen MR) is 185 cm³/mol. The third-order valence-electron chi connectivity index (χ3n) is 8.16. The van der Waals surface area contributed by atoms with Gasteiger partial charge in [0.2, 0.25) is 5.89 Å². The molecule has 4 rings (SSSR count). The molecule has 0 bridgehead atoms. The van der Waals surface area contributed by atoms with Crippen LogP contribution in [-0.4, -0.2) is 71.9 Å². The van der Waals surface area contributed by atoms with Crippen molar-refractivity contribution in [3.8, 4) is 17.5 Å². The lowest BCUT2D eigenvalue weighted by molar-refractivity contribution is -0.120. The maximum absolute atomic E-state index is 15.9. The number of nitrogens with one attached hydrogen (secondary N) is 1. The van der Waals surface area contributed by atoms with E-state index < -0.39 is 65.7 Å². The number of benzene rings is 2. The number of alkyl carbamates (subject to hydrolysis) is 1. The van der Waals surface area contributed by atoms with Gasteiger partial charge in [0.25, 0.3) is 11.8 Å². The van der Waals surface area contributed by atoms with Crippen molar-refractivity contribution < 1.29 is 35.7 Å². The Kier molecular flexibility index (Phi) is 10.3. The van der Waals surface area contributed by atoms with Crippen molar-refractivity contribution in [1.82, 2.24) is 15.5 Å². The van der Waals surface area contributed by atoms with E-state index in [0.717, 1.165) is 11.0 Å². The molecule has 1 aromatic heterocycles. The van der Waals surface area contributed by atoms with Crippen molar-refractivity contribution in [2.45, 2.75) is 88.6 Å². The van der Waals surface area contributed by atoms with Gasteiger partial charge < -0.3 is 23.6 Å². The highest BCUT2D eigenvalue weighted by Gasteiger charge is 2.41. The van der Waals surface area contributed by atoms with Crippen LogP contribution in [0, 0.1) is 17.1 Å². The van der Waals surface area contributed by atoms with Crippen LogP contribution in [0.25, 0.3) is 11.5 Å². The first kappa shape index (κ1) is 37.8. The van der Waals surface area contributed by atoms with Crippen LogP contribution >= 0.6 is 10.3 Å². The number of carbonyl (C=O) groups is 2. The van der Waals surface area contributed by atoms with Crippen molar-refractivity contribution >= 4 is 37.8 Å². The van der Waals surface area contributed by atoms with Gasteiger partial charge in [-0.2, -0.15) is 5.26 Å². The maximum Gasteiger partial charge on any atom is 0.408 e. The Hall–Kier alpha value is -4.00. The van der Waals surface area contributed by atoms with Gasteiger partial charge in [0.15, 0.2) is 9.84 Å². The Morgan fingerprint density at radius 2 is 1.73 bits per heavy atom. The molecule has 0 fully saturated rings. The highest BCUT2D eigenvalue weighted by Crippen LogP contribution is 2.54. The summed E-state index contributed by atoms with van der Waals surface area (Å²) in [5.74, 6) is -2.62. The van der Waals surface area contributed by atoms with Gasteiger partial charge in [-0.05, 0) is 77.0 Å². The molecule has 2 amide bonds. The molecule has 0 spiro atoms. The molecule has 1 N–H and O–H groups in total. The number of amides is 2. The number of aromatic nitrogens is 2. The highest BCUT2D eigenvalue weighted by molar-refractivity contribution is 8.29. The molecule has 1 atom stereocenters. The molecule has 0 saturated carbocycles. The van der Waals surface area contributed by atoms with Crippen LogP contribution in [0.15, 0.2) is 45.7 Å². The number of sulfone groups is 1. The first-order valence-electron chi connectivity index (χ1n) is 15.5. The van der Waals surface area contributed by atoms with Gasteiger partial charge in [0.1, 0.15) is 17.5 Å². The minimum absolute atomic E-state index is 0.0864. The third kappa shape index (κ3) is 8.60. The van der Waals surface area contributed by atoms with E-state index in [0.29, 0.717) is 11.1 Å². The minimum atomic E-state index is -4.36. The SMILES string of the molecule is CC(C)(C)OC(=O)N[C@H]1CS(=O)(=O)c2cc(F)c(-c3nnc(C(C)(C)COS(C)(C)C(C)(C)C)o3)cc2N(Cc2ccc(C#N)cc2)C1=O. The molecule has 1 aliphatic rings. The number of nitrogens with zero attached hydrogens (tertiary/aromatic N) is 4. The number of rotatable bonds is 8. The second kappa shape index (κ2) is 13.4. The molecule has 2 heterocycles. The zero-order valence-corrected chi connectivity index (χ0v) is 31.1. The lowest BCUT2D eigenvalue weighted by Gasteiger charge is -2.45. The van der Waals surface area contributed by atoms with E-state index in [4.69, 9.17) is 13.3 Å². The number of ether oxygens (including phenoxy) is 1. The Morgan fingerprint density at radius 3 is 2.31 bits per heavy atom. The molecule has 49 heavy (non-hydrogen) atoms. The Morgan fingerprint density at radius 1 is 1.10 bits per heavy atom. The number of hydrogen-bond acceptors (Lipinski definition) is 10. The van der Waals surface area contributed by atoms with Gasteiger partial charge in [0, 0.05) is 4.75 Å². The van der Waals surface area contributed by atoms with E-state index in [1.165, 1.54) is 6.07 Å². The normalized spacial score (nSPS) is 17.1. The van der Waals surface area contributed by atoms with Crippen molar-refractivity contribution in [1.29, 1.82) is 5.26 Å². The molecule has 0 unspecified atom stereocenters. The van der Waals surface area contributed by atoms with Gasteiger partial charge in [-0.15, -0.1) is 20.5 Å². The van der Waals surface area contributed by atoms with E-state index in [1.54, 1.807) is 45.0 Å². The fourth-order valence-corrected chi connectivity index (χ4v) is 7.14. The summed E-state index contributed by atoms with van der Waals surface area (Å²) in [5, 5.41) is 19.9. The summed E-state index contributed by atoms with van der Waals surface area (Å²) in [6.07, 6.45) is 3.15. The standard InChI is InChI=1S/C34H44FN5O7S2/c1-32(2,3)47-31(42)37-25-19-49(43,44)27-16-24(35)23(15-26(27)40(29(25)41)18-22-13-11-21(17-36)12-14-22)28-38-39-30(46-28)34(7,8)20-45-48(9,10)33(4,5)6/h11-16,25H,18-20H2,1-10H3,(H,37,42)/t25-/m0/s1. The van der Waals surface area contributed by atoms with Crippen LogP contribution in [0.2, 0.25) is 0 Å². The van der Waals surface area contributed by atoms with Gasteiger partial charge in [-0.3, -0.25) is 4.79 Å². The van der Waals surface area contributed by atoms with Gasteiger partial charge in [-0.1, -0.05) is 32.9 Å². The second-order valence-electron chi connectivity index (χ2n) is 14.9. The maximum atomic E-state index is 15.9. The molecule has 12 nitrogen and oxygen atoms in total. The number of halogens is 1. The Labute approximate surface area is 288 Å². The summed E-state index contributed by atoms with van der Waals surface area (Å²) in [7, 11) is -5.83. The molecule has 3 aromatic rings. The predicted octanol–water partition coefficient (Wildman–Crippen LogP) is 6.03. The summed E-state index contributed by atoms with van der Waals surface area (Å²) in [5.41, 5.74) is -1.12. The fourth-order valence-electron chi connectivity index (χ4n) is 4.58. The number of anilines is 1. The van der Waals surface area contributed by atoms with Crippen LogP contribution in [-0.2, 0) is 35.5 Å². The fraction of sp³-hybridized carbons (Fsp3) is 0.500. The summed E-state index contributed by atoms with van der Waals surface area (Å²) in [6.45, 7) is 15.0. The average molecular weight is 718 g/mol. The van der Waals surface area contributed by atoms with Crippen LogP contribution in [0.4, 0.5) is 14.9 Å². The van der Waals surface area contributed by atoms with E-state index >= 15 is 4.39 Å². The first-order chi connectivity index (χ1) is 22.4. The Balaban J connectivity index is 1.78. The van der Waals surface area contributed by atoms with Gasteiger partial charge in [0.05, 0.1) is 52.1 Å². The van der Waals surface area contributed by atoms with Crippen LogP contribution in [0.1, 0.15) is 72.4 Å². The van der Waals surface area contributed by atoms with Crippen molar-refractivity contribution in [2.75, 3.05) is 29.8 Å². The summed E-state index contributed by atoms with van der Waals surface area (Å²) >= 11 is 0. The number of nitriles is 1. The third-order valence-corrected chi connectivity index (χ3v) is 13.6. The lowest BCUT2D eigenvalue weighted by atomic mass is 9.95. The van der Waals surface area contributed by atoms with Gasteiger partial charge in [-0.25, -0.2) is 17.6 Å². The van der Waals surface area contributed by atoms with Crippen molar-refractivity contribution in [3.05, 3.63) is 59.2 Å². The van der Waals surface area contributed by atoms with Crippen LogP contribution in [0.5, 0.6) is 0 Å².